The third kappa shape index (κ3) is 1.66. The van der Waals surface area contributed by atoms with Crippen molar-refractivity contribution in [1.82, 2.24) is 0 Å². The summed E-state index contributed by atoms with van der Waals surface area (Å²) in [6.07, 6.45) is 24.2. The topological polar surface area (TPSA) is 0 Å². The van der Waals surface area contributed by atoms with Crippen LogP contribution in [-0.2, 0) is 0 Å². The minimum Gasteiger partial charge on any atom is -0.0808 e. The van der Waals surface area contributed by atoms with Crippen LogP contribution in [0.2, 0.25) is 6.55 Å². The summed E-state index contributed by atoms with van der Waals surface area (Å²) < 4.78 is 0. The van der Waals surface area contributed by atoms with Gasteiger partial charge in [0.1, 0.15) is 8.07 Å². The zero-order chi connectivity index (χ0) is 11.7. The van der Waals surface area contributed by atoms with Crippen LogP contribution < -0.4 is 0 Å². The van der Waals surface area contributed by atoms with Crippen molar-refractivity contribution < 1.29 is 0 Å². The first-order valence-electron chi connectivity index (χ1n) is 6.40. The third-order valence-corrected chi connectivity index (χ3v) is 9.21. The molecule has 3 aliphatic rings. The van der Waals surface area contributed by atoms with Gasteiger partial charge in [-0.2, -0.15) is 0 Å². The zero-order valence-corrected chi connectivity index (χ0v) is 11.3. The Labute approximate surface area is 104 Å². The van der Waals surface area contributed by atoms with E-state index < -0.39 is 8.07 Å². The molecule has 0 saturated heterocycles. The minimum atomic E-state index is -1.55. The largest absolute Gasteiger partial charge is 0.133 e. The highest BCUT2D eigenvalue weighted by Gasteiger charge is 2.39. The summed E-state index contributed by atoms with van der Waals surface area (Å²) in [5, 5.41) is 5.05. The van der Waals surface area contributed by atoms with E-state index in [0.717, 1.165) is 19.3 Å². The van der Waals surface area contributed by atoms with E-state index in [-0.39, 0.29) is 0 Å². The molecule has 0 aromatic heterocycles. The number of hydrogen-bond acceptors (Lipinski definition) is 0. The van der Waals surface area contributed by atoms with E-state index >= 15 is 0 Å². The second kappa shape index (κ2) is 4.15. The lowest BCUT2D eigenvalue weighted by molar-refractivity contribution is 1.26. The molecule has 0 bridgehead atoms. The molecule has 86 valence electrons. The summed E-state index contributed by atoms with van der Waals surface area (Å²) in [6, 6.07) is 0. The second-order valence-corrected chi connectivity index (χ2v) is 9.27. The highest BCUT2D eigenvalue weighted by molar-refractivity contribution is 6.97. The molecule has 0 aromatic carbocycles. The normalized spacial score (nSPS) is 22.1. The first-order chi connectivity index (χ1) is 8.32. The third-order valence-electron chi connectivity index (χ3n) is 4.24. The molecule has 0 aliphatic heterocycles. The molecule has 0 fully saturated rings. The van der Waals surface area contributed by atoms with Crippen LogP contribution in [0, 0.1) is 0 Å². The Kier molecular flexibility index (Phi) is 2.64. The van der Waals surface area contributed by atoms with Gasteiger partial charge in [-0.05, 0) is 19.3 Å². The zero-order valence-electron chi connectivity index (χ0n) is 10.3. The van der Waals surface area contributed by atoms with Gasteiger partial charge in [-0.3, -0.25) is 0 Å². The average molecular weight is 238 g/mol. The first-order valence-corrected chi connectivity index (χ1v) is 8.90. The van der Waals surface area contributed by atoms with Crippen LogP contribution in [0.5, 0.6) is 0 Å². The van der Waals surface area contributed by atoms with E-state index in [0.29, 0.717) is 0 Å². The number of rotatable bonds is 3. The molecule has 0 aromatic rings. The first kappa shape index (κ1) is 10.8. The summed E-state index contributed by atoms with van der Waals surface area (Å²) in [5.41, 5.74) is 0. The van der Waals surface area contributed by atoms with Crippen molar-refractivity contribution >= 4 is 8.07 Å². The van der Waals surface area contributed by atoms with E-state index in [4.69, 9.17) is 0 Å². The van der Waals surface area contributed by atoms with Gasteiger partial charge in [0, 0.05) is 0 Å². The maximum atomic E-state index is 2.53. The molecule has 0 saturated carbocycles. The molecule has 0 atom stereocenters. The Bertz CT molecular complexity index is 436. The molecule has 0 unspecified atom stereocenters. The molecule has 17 heavy (non-hydrogen) atoms. The molecule has 0 nitrogen and oxygen atoms in total. The fourth-order valence-corrected chi connectivity index (χ4v) is 7.18. The summed E-state index contributed by atoms with van der Waals surface area (Å²) in [6.45, 7) is 2.53. The van der Waals surface area contributed by atoms with E-state index in [1.807, 2.05) is 0 Å². The Morgan fingerprint density at radius 2 is 1.06 bits per heavy atom. The van der Waals surface area contributed by atoms with Crippen molar-refractivity contribution in [2.45, 2.75) is 25.8 Å². The van der Waals surface area contributed by atoms with Crippen molar-refractivity contribution in [2.75, 3.05) is 0 Å². The highest BCUT2D eigenvalue weighted by atomic mass is 28.3. The molecule has 0 amide bonds. The Morgan fingerprint density at radius 1 is 0.706 bits per heavy atom. The van der Waals surface area contributed by atoms with Gasteiger partial charge in [0.15, 0.2) is 0 Å². The lowest BCUT2D eigenvalue weighted by atomic mass is 10.4. The molecule has 0 N–H and O–H groups in total. The van der Waals surface area contributed by atoms with Crippen molar-refractivity contribution in [1.29, 1.82) is 0 Å². The molecular formula is C16H18Si. The molecule has 3 aliphatic carbocycles. The van der Waals surface area contributed by atoms with Gasteiger partial charge in [-0.1, -0.05) is 76.8 Å². The Balaban J connectivity index is 2.01. The summed E-state index contributed by atoms with van der Waals surface area (Å²) in [7, 11) is -1.55. The fraction of sp³-hybridized carbons (Fsp3) is 0.250. The summed E-state index contributed by atoms with van der Waals surface area (Å²) in [5.74, 6) is 0. The maximum Gasteiger partial charge on any atom is 0.133 e. The van der Waals surface area contributed by atoms with Crippen LogP contribution in [0.3, 0.4) is 0 Å². The quantitative estimate of drug-likeness (QED) is 0.642. The average Bonchev–Trinajstić information content (AvgIpc) is 3.10. The van der Waals surface area contributed by atoms with Crippen LogP contribution in [0.15, 0.2) is 70.3 Å². The molecule has 0 radical (unpaired) electrons. The van der Waals surface area contributed by atoms with Crippen molar-refractivity contribution in [3.63, 3.8) is 0 Å². The fourth-order valence-electron chi connectivity index (χ4n) is 3.07. The Morgan fingerprint density at radius 3 is 1.29 bits per heavy atom. The molecule has 0 heterocycles. The van der Waals surface area contributed by atoms with Crippen molar-refractivity contribution in [3.8, 4) is 0 Å². The van der Waals surface area contributed by atoms with Gasteiger partial charge in [-0.25, -0.2) is 0 Å². The predicted molar refractivity (Wildman–Crippen MR) is 77.1 cm³/mol. The van der Waals surface area contributed by atoms with E-state index in [1.165, 1.54) is 0 Å². The highest BCUT2D eigenvalue weighted by Crippen LogP contribution is 2.40. The number of hydrogen-bond donors (Lipinski definition) is 0. The minimum absolute atomic E-state index is 1.16. The lowest BCUT2D eigenvalue weighted by Crippen LogP contribution is -2.38. The SMILES string of the molecule is C[Si](C1=CC=CC1)(C1=CC=CC1)C1=CC=CC1. The van der Waals surface area contributed by atoms with Gasteiger partial charge >= 0.3 is 0 Å². The van der Waals surface area contributed by atoms with Crippen LogP contribution in [0.25, 0.3) is 0 Å². The van der Waals surface area contributed by atoms with Gasteiger partial charge < -0.3 is 0 Å². The maximum absolute atomic E-state index is 2.53. The van der Waals surface area contributed by atoms with E-state index in [1.54, 1.807) is 15.6 Å². The standard InChI is InChI=1S/C16H18Si/c1-17(14-8-2-3-9-14,15-10-4-5-11-15)16-12-6-7-13-16/h2-8,10,12H,9,11,13H2,1H3. The number of allylic oxidation sites excluding steroid dienone is 12. The van der Waals surface area contributed by atoms with Gasteiger partial charge in [-0.15, -0.1) is 0 Å². The van der Waals surface area contributed by atoms with Gasteiger partial charge in [0.25, 0.3) is 0 Å². The van der Waals surface area contributed by atoms with E-state index in [2.05, 4.69) is 61.2 Å². The van der Waals surface area contributed by atoms with Crippen LogP contribution >= 0.6 is 0 Å². The molecule has 0 spiro atoms. The van der Waals surface area contributed by atoms with Crippen molar-refractivity contribution in [3.05, 3.63) is 70.3 Å². The smallest absolute Gasteiger partial charge is 0.0808 e. The second-order valence-electron chi connectivity index (χ2n) is 5.10. The summed E-state index contributed by atoms with van der Waals surface area (Å²) >= 11 is 0. The van der Waals surface area contributed by atoms with Gasteiger partial charge in [0.2, 0.25) is 0 Å². The van der Waals surface area contributed by atoms with Gasteiger partial charge in [0.05, 0.1) is 0 Å². The van der Waals surface area contributed by atoms with E-state index in [9.17, 15) is 0 Å². The molecular weight excluding hydrogens is 220 g/mol. The summed E-state index contributed by atoms with van der Waals surface area (Å²) in [4.78, 5) is 0. The van der Waals surface area contributed by atoms with Crippen LogP contribution in [0.1, 0.15) is 19.3 Å². The van der Waals surface area contributed by atoms with Crippen LogP contribution in [-0.4, -0.2) is 8.07 Å². The predicted octanol–water partition coefficient (Wildman–Crippen LogP) is 4.34. The van der Waals surface area contributed by atoms with Crippen molar-refractivity contribution in [2.24, 2.45) is 0 Å². The molecule has 1 heteroatoms. The lowest BCUT2D eigenvalue weighted by Gasteiger charge is -2.32. The Hall–Kier alpha value is -1.34. The monoisotopic (exact) mass is 238 g/mol. The van der Waals surface area contributed by atoms with Crippen LogP contribution in [0.4, 0.5) is 0 Å². The molecule has 3 rings (SSSR count).